The fraction of sp³-hybridized carbons (Fsp3) is 0.136. The van der Waals surface area contributed by atoms with E-state index < -0.39 is 0 Å². The zero-order chi connectivity index (χ0) is 20.2. The predicted molar refractivity (Wildman–Crippen MR) is 106 cm³/mol. The molecule has 0 aliphatic rings. The summed E-state index contributed by atoms with van der Waals surface area (Å²) in [5.74, 6) is 1.46. The molecular formula is C22H18N4O3. The van der Waals surface area contributed by atoms with E-state index >= 15 is 0 Å². The molecule has 2 aromatic carbocycles. The smallest absolute Gasteiger partial charge is 0.287 e. The van der Waals surface area contributed by atoms with Crippen molar-refractivity contribution in [3.8, 4) is 11.8 Å². The molecule has 0 radical (unpaired) electrons. The molecule has 0 aliphatic heterocycles. The predicted octanol–water partition coefficient (Wildman–Crippen LogP) is 4.10. The second kappa shape index (κ2) is 7.90. The molecule has 0 bridgehead atoms. The SMILES string of the molecule is C[C@@H](NC(=O)c1ccc(COc2ccccc2C#N)o1)c1nc2ccccc2[nH]1. The van der Waals surface area contributed by atoms with Crippen LogP contribution in [-0.2, 0) is 6.61 Å². The minimum Gasteiger partial charge on any atom is -0.484 e. The van der Waals surface area contributed by atoms with Crippen molar-refractivity contribution in [2.75, 3.05) is 0 Å². The number of hydrogen-bond donors (Lipinski definition) is 2. The zero-order valence-electron chi connectivity index (χ0n) is 15.7. The van der Waals surface area contributed by atoms with Crippen LogP contribution in [0.3, 0.4) is 0 Å². The molecule has 4 rings (SSSR count). The number of amides is 1. The maximum Gasteiger partial charge on any atom is 0.287 e. The topological polar surface area (TPSA) is 104 Å². The third-order valence-electron chi connectivity index (χ3n) is 4.43. The van der Waals surface area contributed by atoms with E-state index in [1.54, 1.807) is 36.4 Å². The molecule has 7 heteroatoms. The minimum absolute atomic E-state index is 0.116. The average molecular weight is 386 g/mol. The van der Waals surface area contributed by atoms with Gasteiger partial charge in [-0.15, -0.1) is 0 Å². The molecule has 144 valence electrons. The van der Waals surface area contributed by atoms with Crippen molar-refractivity contribution in [2.24, 2.45) is 0 Å². The van der Waals surface area contributed by atoms with Crippen LogP contribution >= 0.6 is 0 Å². The number of aromatic nitrogens is 2. The molecule has 7 nitrogen and oxygen atoms in total. The Labute approximate surface area is 166 Å². The molecule has 2 aromatic heterocycles. The summed E-state index contributed by atoms with van der Waals surface area (Å²) in [7, 11) is 0. The number of imidazole rings is 1. The molecular weight excluding hydrogens is 368 g/mol. The number of nitriles is 1. The summed E-state index contributed by atoms with van der Waals surface area (Å²) in [4.78, 5) is 20.2. The van der Waals surface area contributed by atoms with Crippen molar-refractivity contribution in [3.63, 3.8) is 0 Å². The fourth-order valence-corrected chi connectivity index (χ4v) is 2.93. The number of hydrogen-bond acceptors (Lipinski definition) is 5. The average Bonchev–Trinajstić information content (AvgIpc) is 3.39. The molecule has 1 amide bonds. The Hall–Kier alpha value is -4.05. The van der Waals surface area contributed by atoms with Crippen LogP contribution in [-0.4, -0.2) is 15.9 Å². The molecule has 0 spiro atoms. The fourth-order valence-electron chi connectivity index (χ4n) is 2.93. The van der Waals surface area contributed by atoms with Crippen molar-refractivity contribution in [2.45, 2.75) is 19.6 Å². The maximum absolute atomic E-state index is 12.5. The number of rotatable bonds is 6. The van der Waals surface area contributed by atoms with E-state index in [9.17, 15) is 4.79 Å². The number of nitrogens with zero attached hydrogens (tertiary/aromatic N) is 2. The number of nitrogens with one attached hydrogen (secondary N) is 2. The first-order chi connectivity index (χ1) is 14.1. The first-order valence-electron chi connectivity index (χ1n) is 9.10. The first kappa shape index (κ1) is 18.3. The van der Waals surface area contributed by atoms with Gasteiger partial charge in [0.15, 0.2) is 5.76 Å². The van der Waals surface area contributed by atoms with Gasteiger partial charge in [0.1, 0.15) is 30.0 Å². The Balaban J connectivity index is 1.39. The third-order valence-corrected chi connectivity index (χ3v) is 4.43. The lowest BCUT2D eigenvalue weighted by Gasteiger charge is -2.10. The molecule has 0 fully saturated rings. The molecule has 2 heterocycles. The highest BCUT2D eigenvalue weighted by atomic mass is 16.5. The van der Waals surface area contributed by atoms with Crippen LogP contribution in [0.5, 0.6) is 5.75 Å². The summed E-state index contributed by atoms with van der Waals surface area (Å²) in [6, 6.07) is 19.7. The van der Waals surface area contributed by atoms with Crippen LogP contribution in [0.25, 0.3) is 11.0 Å². The summed E-state index contributed by atoms with van der Waals surface area (Å²) in [5, 5.41) is 12.0. The number of para-hydroxylation sites is 3. The van der Waals surface area contributed by atoms with Gasteiger partial charge < -0.3 is 19.5 Å². The highest BCUT2D eigenvalue weighted by molar-refractivity contribution is 5.91. The normalized spacial score (nSPS) is 11.7. The van der Waals surface area contributed by atoms with E-state index in [0.29, 0.717) is 22.9 Å². The second-order valence-corrected chi connectivity index (χ2v) is 6.50. The van der Waals surface area contributed by atoms with Crippen LogP contribution in [0.4, 0.5) is 0 Å². The van der Waals surface area contributed by atoms with E-state index in [2.05, 4.69) is 21.4 Å². The molecule has 29 heavy (non-hydrogen) atoms. The van der Waals surface area contributed by atoms with Gasteiger partial charge in [0.25, 0.3) is 5.91 Å². The van der Waals surface area contributed by atoms with Gasteiger partial charge >= 0.3 is 0 Å². The van der Waals surface area contributed by atoms with Crippen LogP contribution in [0, 0.1) is 11.3 Å². The number of carbonyl (C=O) groups is 1. The lowest BCUT2D eigenvalue weighted by molar-refractivity contribution is 0.0906. The van der Waals surface area contributed by atoms with Gasteiger partial charge in [-0.3, -0.25) is 4.79 Å². The summed E-state index contributed by atoms with van der Waals surface area (Å²) in [6.45, 7) is 1.96. The highest BCUT2D eigenvalue weighted by Crippen LogP contribution is 2.20. The molecule has 2 N–H and O–H groups in total. The van der Waals surface area contributed by atoms with E-state index in [4.69, 9.17) is 14.4 Å². The zero-order valence-corrected chi connectivity index (χ0v) is 15.7. The largest absolute Gasteiger partial charge is 0.484 e. The van der Waals surface area contributed by atoms with Gasteiger partial charge in [0.05, 0.1) is 22.6 Å². The minimum atomic E-state index is -0.346. The standard InChI is InChI=1S/C22H18N4O3/c1-14(21-25-17-7-3-4-8-18(17)26-21)24-22(27)20-11-10-16(29-20)13-28-19-9-5-2-6-15(19)12-23/h2-11,14H,13H2,1H3,(H,24,27)(H,25,26)/t14-/m1/s1. The number of furan rings is 1. The number of H-pyrrole nitrogens is 1. The van der Waals surface area contributed by atoms with E-state index in [1.807, 2.05) is 31.2 Å². The lowest BCUT2D eigenvalue weighted by atomic mass is 10.2. The number of carbonyl (C=O) groups excluding carboxylic acids is 1. The Bertz CT molecular complexity index is 1170. The molecule has 0 aliphatic carbocycles. The molecule has 4 aromatic rings. The monoisotopic (exact) mass is 386 g/mol. The molecule has 1 atom stereocenters. The summed E-state index contributed by atoms with van der Waals surface area (Å²) in [5.41, 5.74) is 2.20. The highest BCUT2D eigenvalue weighted by Gasteiger charge is 2.17. The van der Waals surface area contributed by atoms with Crippen molar-refractivity contribution in [1.82, 2.24) is 15.3 Å². The van der Waals surface area contributed by atoms with Crippen molar-refractivity contribution in [3.05, 3.63) is 83.6 Å². The Morgan fingerprint density at radius 3 is 2.83 bits per heavy atom. The van der Waals surface area contributed by atoms with E-state index in [-0.39, 0.29) is 24.3 Å². The molecule has 0 saturated carbocycles. The van der Waals surface area contributed by atoms with Gasteiger partial charge in [-0.25, -0.2) is 4.98 Å². The Morgan fingerprint density at radius 2 is 2.00 bits per heavy atom. The van der Waals surface area contributed by atoms with Crippen molar-refractivity contribution < 1.29 is 13.9 Å². The number of fused-ring (bicyclic) bond motifs is 1. The maximum atomic E-state index is 12.5. The third kappa shape index (κ3) is 3.96. The molecule has 0 unspecified atom stereocenters. The summed E-state index contributed by atoms with van der Waals surface area (Å²) >= 11 is 0. The summed E-state index contributed by atoms with van der Waals surface area (Å²) in [6.07, 6.45) is 0. The molecule has 0 saturated heterocycles. The lowest BCUT2D eigenvalue weighted by Crippen LogP contribution is -2.27. The van der Waals surface area contributed by atoms with Crippen LogP contribution < -0.4 is 10.1 Å². The van der Waals surface area contributed by atoms with Gasteiger partial charge in [0, 0.05) is 0 Å². The Kier molecular flexibility index (Phi) is 4.99. The van der Waals surface area contributed by atoms with Gasteiger partial charge in [-0.05, 0) is 43.3 Å². The van der Waals surface area contributed by atoms with Gasteiger partial charge in [-0.1, -0.05) is 24.3 Å². The van der Waals surface area contributed by atoms with E-state index in [0.717, 1.165) is 11.0 Å². The van der Waals surface area contributed by atoms with Gasteiger partial charge in [0.2, 0.25) is 0 Å². The number of ether oxygens (including phenoxy) is 1. The Morgan fingerprint density at radius 1 is 1.21 bits per heavy atom. The van der Waals surface area contributed by atoms with Crippen molar-refractivity contribution >= 4 is 16.9 Å². The van der Waals surface area contributed by atoms with Crippen LogP contribution in [0.1, 0.15) is 40.7 Å². The van der Waals surface area contributed by atoms with E-state index in [1.165, 1.54) is 0 Å². The number of aromatic amines is 1. The summed E-state index contributed by atoms with van der Waals surface area (Å²) < 4.78 is 11.2. The first-order valence-corrected chi connectivity index (χ1v) is 9.10. The number of benzene rings is 2. The van der Waals surface area contributed by atoms with Crippen LogP contribution in [0.2, 0.25) is 0 Å². The quantitative estimate of drug-likeness (QED) is 0.519. The van der Waals surface area contributed by atoms with Crippen molar-refractivity contribution in [1.29, 1.82) is 5.26 Å². The second-order valence-electron chi connectivity index (χ2n) is 6.50. The van der Waals surface area contributed by atoms with Gasteiger partial charge in [-0.2, -0.15) is 5.26 Å². The van der Waals surface area contributed by atoms with Crippen LogP contribution in [0.15, 0.2) is 65.1 Å².